The van der Waals surface area contributed by atoms with Gasteiger partial charge in [0.25, 0.3) is 0 Å². The molecular formula is C16H21N3S. The van der Waals surface area contributed by atoms with Crippen LogP contribution in [-0.4, -0.2) is 15.0 Å². The second-order valence-corrected chi connectivity index (χ2v) is 6.95. The van der Waals surface area contributed by atoms with Gasteiger partial charge in [0.05, 0.1) is 12.2 Å². The lowest BCUT2D eigenvalue weighted by molar-refractivity contribution is 0.575. The Kier molecular flexibility index (Phi) is 3.61. The van der Waals surface area contributed by atoms with Crippen LogP contribution in [0.3, 0.4) is 0 Å². The van der Waals surface area contributed by atoms with Crippen molar-refractivity contribution < 1.29 is 0 Å². The molecule has 0 radical (unpaired) electrons. The van der Waals surface area contributed by atoms with E-state index in [9.17, 15) is 0 Å². The van der Waals surface area contributed by atoms with Gasteiger partial charge in [0.1, 0.15) is 0 Å². The second-order valence-electron chi connectivity index (χ2n) is 5.61. The fourth-order valence-corrected chi connectivity index (χ4v) is 4.39. The summed E-state index contributed by atoms with van der Waals surface area (Å²) in [5, 5.41) is 5.26. The molecule has 1 aromatic heterocycles. The highest BCUT2D eigenvalue weighted by Crippen LogP contribution is 2.37. The Labute approximate surface area is 124 Å². The summed E-state index contributed by atoms with van der Waals surface area (Å²) < 4.78 is 2.14. The largest absolute Gasteiger partial charge is 0.324 e. The van der Waals surface area contributed by atoms with Crippen LogP contribution in [0, 0.1) is 13.8 Å². The molecule has 3 nitrogen and oxygen atoms in total. The molecule has 0 bridgehead atoms. The first-order valence-electron chi connectivity index (χ1n) is 7.10. The topological polar surface area (TPSA) is 43.8 Å². The van der Waals surface area contributed by atoms with Gasteiger partial charge in [0.2, 0.25) is 0 Å². The van der Waals surface area contributed by atoms with E-state index >= 15 is 0 Å². The standard InChI is InChI=1S/C16H21N3S/c1-10(17)16-11(2)18-19(12(16)3)9-14-8-13-6-4-5-7-15(13)20-14/h4-7,10,14H,8-9,17H2,1-3H3. The van der Waals surface area contributed by atoms with Crippen LogP contribution in [0.4, 0.5) is 0 Å². The van der Waals surface area contributed by atoms with Gasteiger partial charge in [-0.2, -0.15) is 5.10 Å². The highest BCUT2D eigenvalue weighted by atomic mass is 32.2. The van der Waals surface area contributed by atoms with E-state index in [1.807, 2.05) is 18.7 Å². The Morgan fingerprint density at radius 2 is 2.15 bits per heavy atom. The van der Waals surface area contributed by atoms with Gasteiger partial charge in [-0.15, -0.1) is 11.8 Å². The normalized spacial score (nSPS) is 19.1. The molecule has 4 heteroatoms. The Hall–Kier alpha value is -1.26. The Morgan fingerprint density at radius 1 is 1.40 bits per heavy atom. The third-order valence-corrected chi connectivity index (χ3v) is 5.28. The van der Waals surface area contributed by atoms with Crippen LogP contribution in [0.5, 0.6) is 0 Å². The average Bonchev–Trinajstić information content (AvgIpc) is 2.90. The van der Waals surface area contributed by atoms with E-state index in [2.05, 4.69) is 47.9 Å². The van der Waals surface area contributed by atoms with Crippen molar-refractivity contribution in [2.24, 2.45) is 5.73 Å². The minimum atomic E-state index is 0.0529. The molecule has 3 rings (SSSR count). The van der Waals surface area contributed by atoms with Crippen molar-refractivity contribution in [3.8, 4) is 0 Å². The fraction of sp³-hybridized carbons (Fsp3) is 0.438. The zero-order valence-corrected chi connectivity index (χ0v) is 13.1. The van der Waals surface area contributed by atoms with Gasteiger partial charge in [-0.05, 0) is 38.8 Å². The highest BCUT2D eigenvalue weighted by molar-refractivity contribution is 8.00. The number of hydrogen-bond acceptors (Lipinski definition) is 3. The zero-order chi connectivity index (χ0) is 14.3. The van der Waals surface area contributed by atoms with E-state index in [4.69, 9.17) is 5.73 Å². The third kappa shape index (κ3) is 2.38. The summed E-state index contributed by atoms with van der Waals surface area (Å²) in [5.41, 5.74) is 11.0. The second kappa shape index (κ2) is 5.26. The minimum Gasteiger partial charge on any atom is -0.324 e. The lowest BCUT2D eigenvalue weighted by Gasteiger charge is -2.11. The quantitative estimate of drug-likeness (QED) is 0.942. The van der Waals surface area contributed by atoms with Crippen molar-refractivity contribution in [1.29, 1.82) is 0 Å². The summed E-state index contributed by atoms with van der Waals surface area (Å²) in [7, 11) is 0. The maximum Gasteiger partial charge on any atom is 0.0644 e. The Morgan fingerprint density at radius 3 is 2.80 bits per heavy atom. The molecule has 1 aromatic carbocycles. The fourth-order valence-electron chi connectivity index (χ4n) is 3.10. The predicted octanol–water partition coefficient (Wildman–Crippen LogP) is 3.24. The minimum absolute atomic E-state index is 0.0529. The summed E-state index contributed by atoms with van der Waals surface area (Å²) in [6, 6.07) is 8.74. The number of aromatic nitrogens is 2. The Bertz CT molecular complexity index is 606. The Balaban J connectivity index is 1.79. The third-order valence-electron chi connectivity index (χ3n) is 3.98. The van der Waals surface area contributed by atoms with Gasteiger partial charge in [-0.25, -0.2) is 0 Å². The van der Waals surface area contributed by atoms with E-state index in [1.54, 1.807) is 0 Å². The molecule has 0 spiro atoms. The number of hydrogen-bond donors (Lipinski definition) is 1. The molecule has 0 aliphatic carbocycles. The van der Waals surface area contributed by atoms with Crippen molar-refractivity contribution in [3.05, 3.63) is 46.8 Å². The molecule has 20 heavy (non-hydrogen) atoms. The van der Waals surface area contributed by atoms with E-state index in [1.165, 1.54) is 21.7 Å². The SMILES string of the molecule is Cc1nn(CC2Cc3ccccc3S2)c(C)c1C(C)N. The van der Waals surface area contributed by atoms with Crippen LogP contribution < -0.4 is 5.73 Å². The van der Waals surface area contributed by atoms with E-state index < -0.39 is 0 Å². The first-order chi connectivity index (χ1) is 9.56. The molecule has 2 atom stereocenters. The van der Waals surface area contributed by atoms with Gasteiger partial charge < -0.3 is 5.73 Å². The van der Waals surface area contributed by atoms with Crippen LogP contribution in [0.2, 0.25) is 0 Å². The van der Waals surface area contributed by atoms with Crippen molar-refractivity contribution in [1.82, 2.24) is 9.78 Å². The maximum absolute atomic E-state index is 6.05. The lowest BCUT2D eigenvalue weighted by Crippen LogP contribution is -2.15. The maximum atomic E-state index is 6.05. The van der Waals surface area contributed by atoms with E-state index in [0.717, 1.165) is 18.7 Å². The summed E-state index contributed by atoms with van der Waals surface area (Å²) in [4.78, 5) is 1.42. The first-order valence-corrected chi connectivity index (χ1v) is 7.98. The molecule has 2 N–H and O–H groups in total. The van der Waals surface area contributed by atoms with Crippen LogP contribution in [-0.2, 0) is 13.0 Å². The molecule has 2 aromatic rings. The molecule has 0 amide bonds. The number of nitrogens with two attached hydrogens (primary N) is 1. The molecule has 1 aliphatic heterocycles. The van der Waals surface area contributed by atoms with Crippen molar-refractivity contribution in [2.75, 3.05) is 0 Å². The summed E-state index contributed by atoms with van der Waals surface area (Å²) in [6.07, 6.45) is 1.13. The van der Waals surface area contributed by atoms with Crippen molar-refractivity contribution in [3.63, 3.8) is 0 Å². The smallest absolute Gasteiger partial charge is 0.0644 e. The van der Waals surface area contributed by atoms with Crippen LogP contribution in [0.1, 0.15) is 35.5 Å². The molecule has 106 valence electrons. The van der Waals surface area contributed by atoms with Crippen LogP contribution >= 0.6 is 11.8 Å². The lowest BCUT2D eigenvalue weighted by atomic mass is 10.1. The van der Waals surface area contributed by atoms with Crippen LogP contribution in [0.25, 0.3) is 0 Å². The van der Waals surface area contributed by atoms with E-state index in [0.29, 0.717) is 5.25 Å². The number of benzene rings is 1. The van der Waals surface area contributed by atoms with Gasteiger partial charge in [0, 0.05) is 27.4 Å². The zero-order valence-electron chi connectivity index (χ0n) is 12.3. The summed E-state index contributed by atoms with van der Waals surface area (Å²) >= 11 is 1.97. The molecule has 0 saturated heterocycles. The van der Waals surface area contributed by atoms with Gasteiger partial charge >= 0.3 is 0 Å². The number of nitrogens with zero attached hydrogens (tertiary/aromatic N) is 2. The predicted molar refractivity (Wildman–Crippen MR) is 84.1 cm³/mol. The van der Waals surface area contributed by atoms with Gasteiger partial charge in [0.15, 0.2) is 0 Å². The number of rotatable bonds is 3. The molecule has 1 aliphatic rings. The highest BCUT2D eigenvalue weighted by Gasteiger charge is 2.24. The van der Waals surface area contributed by atoms with Gasteiger partial charge in [-0.3, -0.25) is 4.68 Å². The molecular weight excluding hydrogens is 266 g/mol. The molecule has 2 heterocycles. The number of fused-ring (bicyclic) bond motifs is 1. The number of aryl methyl sites for hydroxylation is 1. The molecule has 2 unspecified atom stereocenters. The first kappa shape index (κ1) is 13.7. The monoisotopic (exact) mass is 287 g/mol. The van der Waals surface area contributed by atoms with Crippen LogP contribution in [0.15, 0.2) is 29.2 Å². The molecule has 0 saturated carbocycles. The summed E-state index contributed by atoms with van der Waals surface area (Å²) in [5.74, 6) is 0. The van der Waals surface area contributed by atoms with Crippen molar-refractivity contribution >= 4 is 11.8 Å². The van der Waals surface area contributed by atoms with Crippen molar-refractivity contribution in [2.45, 2.75) is 49.9 Å². The number of thioether (sulfide) groups is 1. The summed E-state index contributed by atoms with van der Waals surface area (Å²) in [6.45, 7) is 7.17. The molecule has 0 fully saturated rings. The average molecular weight is 287 g/mol. The van der Waals surface area contributed by atoms with E-state index in [-0.39, 0.29) is 6.04 Å². The van der Waals surface area contributed by atoms with Gasteiger partial charge in [-0.1, -0.05) is 18.2 Å².